The lowest BCUT2D eigenvalue weighted by atomic mass is 9.91. The standard InChI is InChI=1S/C43H36O4S2/c44-43(45)42-40-6-3-7-41(42)35-18-10-31(11-19-35)27-49-29-33-14-22-39(23-15-33)47-25-37-5-2-1-4-36(37)24-46-38-20-12-32(13-21-38)28-48-26-30-8-16-34(40)17-9-30/h1-23H,24-29H2,(H,44,45). The zero-order valence-corrected chi connectivity index (χ0v) is 28.6. The summed E-state index contributed by atoms with van der Waals surface area (Å²) in [6, 6.07) is 47.2. The average Bonchev–Trinajstić information content (AvgIpc) is 3.14. The highest BCUT2D eigenvalue weighted by atomic mass is 32.2. The number of benzene rings is 6. The largest absolute Gasteiger partial charge is 0.489 e. The van der Waals surface area contributed by atoms with Crippen molar-refractivity contribution in [1.82, 2.24) is 0 Å². The van der Waals surface area contributed by atoms with Crippen LogP contribution in [0.2, 0.25) is 0 Å². The number of ether oxygens (including phenoxy) is 2. The highest BCUT2D eigenvalue weighted by Gasteiger charge is 2.18. The van der Waals surface area contributed by atoms with Gasteiger partial charge in [0.1, 0.15) is 24.7 Å². The van der Waals surface area contributed by atoms with E-state index in [1.54, 1.807) is 0 Å². The molecule has 7 aliphatic rings. The molecule has 0 saturated heterocycles. The number of thioether (sulfide) groups is 2. The molecule has 6 heteroatoms. The summed E-state index contributed by atoms with van der Waals surface area (Å²) in [4.78, 5) is 12.6. The number of hydrogen-bond acceptors (Lipinski definition) is 5. The fraction of sp³-hybridized carbons (Fsp3) is 0.140. The maximum atomic E-state index is 12.6. The molecule has 0 amide bonds. The van der Waals surface area contributed by atoms with Crippen molar-refractivity contribution in [3.05, 3.63) is 178 Å². The van der Waals surface area contributed by atoms with Gasteiger partial charge in [-0.1, -0.05) is 115 Å². The number of carboxylic acid groups (broad SMARTS) is 1. The van der Waals surface area contributed by atoms with E-state index in [1.165, 1.54) is 22.3 Å². The van der Waals surface area contributed by atoms with Crippen LogP contribution in [0.4, 0.5) is 0 Å². The molecule has 0 atom stereocenters. The first-order valence-corrected chi connectivity index (χ1v) is 18.6. The molecule has 0 unspecified atom stereocenters. The number of aromatic carboxylic acids is 1. The third kappa shape index (κ3) is 8.22. The molecule has 13 rings (SSSR count). The van der Waals surface area contributed by atoms with E-state index in [4.69, 9.17) is 9.47 Å². The van der Waals surface area contributed by atoms with E-state index in [0.29, 0.717) is 18.8 Å². The summed E-state index contributed by atoms with van der Waals surface area (Å²) >= 11 is 3.70. The van der Waals surface area contributed by atoms with Gasteiger partial charge in [-0.3, -0.25) is 0 Å². The molecule has 10 bridgehead atoms. The van der Waals surface area contributed by atoms with Gasteiger partial charge in [-0.25, -0.2) is 4.79 Å². The SMILES string of the molecule is O=C(O)c1c2cccc1-c1ccc(cc1)CSCc1ccc(cc1)OCc1ccccc1COc1ccc(cc1)CSCc1ccc-2cc1. The van der Waals surface area contributed by atoms with E-state index in [1.807, 2.05) is 102 Å². The van der Waals surface area contributed by atoms with Gasteiger partial charge in [0.05, 0.1) is 5.56 Å². The minimum absolute atomic E-state index is 0.325. The Bertz CT molecular complexity index is 1880. The lowest BCUT2D eigenvalue weighted by Crippen LogP contribution is -2.03. The zero-order valence-electron chi connectivity index (χ0n) is 27.0. The van der Waals surface area contributed by atoms with Crippen molar-refractivity contribution >= 4 is 29.5 Å². The Morgan fingerprint density at radius 2 is 0.837 bits per heavy atom. The number of hydrogen-bond donors (Lipinski definition) is 1. The molecule has 6 aromatic carbocycles. The molecule has 0 saturated carbocycles. The molecule has 0 aromatic heterocycles. The van der Waals surface area contributed by atoms with Crippen molar-refractivity contribution in [2.45, 2.75) is 36.2 Å². The second-order valence-electron chi connectivity index (χ2n) is 12.0. The van der Waals surface area contributed by atoms with Crippen LogP contribution < -0.4 is 9.47 Å². The summed E-state index contributed by atoms with van der Waals surface area (Å²) in [5.74, 6) is 4.23. The highest BCUT2D eigenvalue weighted by molar-refractivity contribution is 7.97. The molecule has 0 fully saturated rings. The molecule has 1 N–H and O–H groups in total. The molecule has 6 aromatic rings. The average molecular weight is 681 g/mol. The third-order valence-corrected chi connectivity index (χ3v) is 10.8. The molecule has 0 radical (unpaired) electrons. The van der Waals surface area contributed by atoms with Crippen LogP contribution in [0, 0.1) is 0 Å². The van der Waals surface area contributed by atoms with Gasteiger partial charge in [0.2, 0.25) is 0 Å². The molecule has 244 valence electrons. The molecular formula is C43H36O4S2. The Balaban J connectivity index is 1.14. The highest BCUT2D eigenvalue weighted by Crippen LogP contribution is 2.34. The lowest BCUT2D eigenvalue weighted by Gasteiger charge is -2.13. The molecule has 49 heavy (non-hydrogen) atoms. The van der Waals surface area contributed by atoms with E-state index >= 15 is 0 Å². The van der Waals surface area contributed by atoms with Gasteiger partial charge < -0.3 is 14.6 Å². The summed E-state index contributed by atoms with van der Waals surface area (Å²) in [5, 5.41) is 10.3. The monoisotopic (exact) mass is 680 g/mol. The van der Waals surface area contributed by atoms with E-state index in [2.05, 4.69) is 60.7 Å². The van der Waals surface area contributed by atoms with Crippen LogP contribution in [0.25, 0.3) is 22.3 Å². The van der Waals surface area contributed by atoms with E-state index in [9.17, 15) is 9.90 Å². The second kappa shape index (κ2) is 15.5. The molecule has 4 nitrogen and oxygen atoms in total. The summed E-state index contributed by atoms with van der Waals surface area (Å²) in [6.45, 7) is 0.946. The van der Waals surface area contributed by atoms with E-state index < -0.39 is 5.97 Å². The molecule has 7 heterocycles. The van der Waals surface area contributed by atoms with Gasteiger partial charge in [-0.15, -0.1) is 0 Å². The van der Waals surface area contributed by atoms with Crippen LogP contribution in [0.3, 0.4) is 0 Å². The van der Waals surface area contributed by atoms with Crippen LogP contribution in [0.5, 0.6) is 11.5 Å². The predicted molar refractivity (Wildman–Crippen MR) is 202 cm³/mol. The topological polar surface area (TPSA) is 55.8 Å². The predicted octanol–water partition coefficient (Wildman–Crippen LogP) is 11.1. The Labute approximate surface area is 296 Å². The minimum Gasteiger partial charge on any atom is -0.489 e. The van der Waals surface area contributed by atoms with Crippen molar-refractivity contribution in [2.24, 2.45) is 0 Å². The van der Waals surface area contributed by atoms with Crippen molar-refractivity contribution < 1.29 is 19.4 Å². The number of carboxylic acids is 1. The van der Waals surface area contributed by atoms with Gasteiger partial charge in [0, 0.05) is 23.0 Å². The van der Waals surface area contributed by atoms with Crippen LogP contribution in [0.15, 0.2) is 140 Å². The normalized spacial score (nSPS) is 13.6. The van der Waals surface area contributed by atoms with Gasteiger partial charge >= 0.3 is 5.97 Å². The van der Waals surface area contributed by atoms with E-state index in [-0.39, 0.29) is 0 Å². The first-order valence-electron chi connectivity index (χ1n) is 16.3. The van der Waals surface area contributed by atoms with Crippen LogP contribution >= 0.6 is 23.5 Å². The maximum absolute atomic E-state index is 12.6. The van der Waals surface area contributed by atoms with Crippen LogP contribution in [-0.2, 0) is 36.2 Å². The van der Waals surface area contributed by atoms with Gasteiger partial charge in [0.15, 0.2) is 0 Å². The van der Waals surface area contributed by atoms with Gasteiger partial charge in [-0.05, 0) is 79.9 Å². The van der Waals surface area contributed by atoms with Crippen molar-refractivity contribution in [3.8, 4) is 33.8 Å². The smallest absolute Gasteiger partial charge is 0.336 e. The molecule has 0 spiro atoms. The fourth-order valence-corrected chi connectivity index (χ4v) is 7.84. The fourth-order valence-electron chi connectivity index (χ4n) is 5.92. The summed E-state index contributed by atoms with van der Waals surface area (Å²) in [5.41, 5.74) is 10.6. The molecule has 7 aliphatic heterocycles. The quantitative estimate of drug-likeness (QED) is 0.187. The minimum atomic E-state index is -0.927. The maximum Gasteiger partial charge on any atom is 0.336 e. The Hall–Kier alpha value is -4.91. The molecular weight excluding hydrogens is 645 g/mol. The molecule has 0 aliphatic carbocycles. The third-order valence-electron chi connectivity index (χ3n) is 8.64. The van der Waals surface area contributed by atoms with Crippen molar-refractivity contribution in [1.29, 1.82) is 0 Å². The van der Waals surface area contributed by atoms with Crippen molar-refractivity contribution in [3.63, 3.8) is 0 Å². The van der Waals surface area contributed by atoms with Crippen molar-refractivity contribution in [2.75, 3.05) is 0 Å². The van der Waals surface area contributed by atoms with E-state index in [0.717, 1.165) is 67.9 Å². The Morgan fingerprint density at radius 3 is 1.20 bits per heavy atom. The number of rotatable bonds is 1. The van der Waals surface area contributed by atoms with Gasteiger partial charge in [0.25, 0.3) is 0 Å². The first kappa shape index (κ1) is 32.6. The summed E-state index contributed by atoms with van der Waals surface area (Å²) in [7, 11) is 0. The van der Waals surface area contributed by atoms with Crippen LogP contribution in [0.1, 0.15) is 43.7 Å². The Kier molecular flexibility index (Phi) is 10.3. The summed E-state index contributed by atoms with van der Waals surface area (Å²) in [6.07, 6.45) is 0. The second-order valence-corrected chi connectivity index (χ2v) is 14.0. The Morgan fingerprint density at radius 1 is 0.469 bits per heavy atom. The van der Waals surface area contributed by atoms with Crippen LogP contribution in [-0.4, -0.2) is 11.1 Å². The zero-order chi connectivity index (χ0) is 33.4. The van der Waals surface area contributed by atoms with Gasteiger partial charge in [-0.2, -0.15) is 23.5 Å². The number of carbonyl (C=O) groups is 1. The lowest BCUT2D eigenvalue weighted by molar-refractivity contribution is 0.0698. The summed E-state index contributed by atoms with van der Waals surface area (Å²) < 4.78 is 12.3. The first-order chi connectivity index (χ1) is 24.1.